The van der Waals surface area contributed by atoms with E-state index in [1.54, 1.807) is 13.2 Å². The van der Waals surface area contributed by atoms with Crippen molar-refractivity contribution in [1.29, 1.82) is 0 Å². The van der Waals surface area contributed by atoms with Crippen LogP contribution in [0.3, 0.4) is 0 Å². The molecule has 0 radical (unpaired) electrons. The maximum Gasteiger partial charge on any atom is 0.243 e. The summed E-state index contributed by atoms with van der Waals surface area (Å²) in [4.78, 5) is 11.6. The SMILES string of the molecule is COc1cccc(CNC(=O)/C=C/C(C)(C)C)c1. The molecule has 1 amide bonds. The van der Waals surface area contributed by atoms with Crippen LogP contribution in [0.1, 0.15) is 26.3 Å². The summed E-state index contributed by atoms with van der Waals surface area (Å²) in [7, 11) is 1.63. The van der Waals surface area contributed by atoms with Gasteiger partial charge in [-0.25, -0.2) is 0 Å². The molecule has 18 heavy (non-hydrogen) atoms. The van der Waals surface area contributed by atoms with Crippen molar-refractivity contribution in [2.45, 2.75) is 27.3 Å². The van der Waals surface area contributed by atoms with Gasteiger partial charge in [-0.1, -0.05) is 39.0 Å². The maximum absolute atomic E-state index is 11.6. The van der Waals surface area contributed by atoms with Crippen molar-refractivity contribution in [3.63, 3.8) is 0 Å². The smallest absolute Gasteiger partial charge is 0.243 e. The van der Waals surface area contributed by atoms with E-state index in [4.69, 9.17) is 4.74 Å². The van der Waals surface area contributed by atoms with Crippen molar-refractivity contribution in [2.75, 3.05) is 7.11 Å². The van der Waals surface area contributed by atoms with E-state index in [9.17, 15) is 4.79 Å². The van der Waals surface area contributed by atoms with Gasteiger partial charge < -0.3 is 10.1 Å². The van der Waals surface area contributed by atoms with Gasteiger partial charge in [0.05, 0.1) is 7.11 Å². The first-order valence-electron chi connectivity index (χ1n) is 6.01. The summed E-state index contributed by atoms with van der Waals surface area (Å²) in [5.41, 5.74) is 1.04. The van der Waals surface area contributed by atoms with Crippen LogP contribution in [0.4, 0.5) is 0 Å². The highest BCUT2D eigenvalue weighted by molar-refractivity contribution is 5.87. The van der Waals surface area contributed by atoms with Gasteiger partial charge in [-0.15, -0.1) is 0 Å². The van der Waals surface area contributed by atoms with Crippen LogP contribution in [0.25, 0.3) is 0 Å². The fourth-order valence-electron chi connectivity index (χ4n) is 1.36. The molecule has 1 aromatic carbocycles. The fraction of sp³-hybridized carbons (Fsp3) is 0.400. The van der Waals surface area contributed by atoms with E-state index in [2.05, 4.69) is 26.1 Å². The second kappa shape index (κ2) is 6.24. The topological polar surface area (TPSA) is 38.3 Å². The molecule has 98 valence electrons. The number of ether oxygens (including phenoxy) is 1. The Morgan fingerprint density at radius 2 is 2.11 bits per heavy atom. The van der Waals surface area contributed by atoms with E-state index in [0.717, 1.165) is 11.3 Å². The molecule has 1 N–H and O–H groups in total. The number of methoxy groups -OCH3 is 1. The molecule has 3 heteroatoms. The van der Waals surface area contributed by atoms with Crippen LogP contribution in [-0.2, 0) is 11.3 Å². The number of hydrogen-bond acceptors (Lipinski definition) is 2. The predicted molar refractivity (Wildman–Crippen MR) is 73.4 cm³/mol. The number of benzene rings is 1. The number of allylic oxidation sites excluding steroid dienone is 1. The van der Waals surface area contributed by atoms with Crippen molar-refractivity contribution in [1.82, 2.24) is 5.32 Å². The van der Waals surface area contributed by atoms with Crippen molar-refractivity contribution < 1.29 is 9.53 Å². The number of rotatable bonds is 4. The Morgan fingerprint density at radius 1 is 1.39 bits per heavy atom. The Morgan fingerprint density at radius 3 is 2.72 bits per heavy atom. The first-order valence-corrected chi connectivity index (χ1v) is 6.01. The predicted octanol–water partition coefficient (Wildman–Crippen LogP) is 2.91. The summed E-state index contributed by atoms with van der Waals surface area (Å²) in [5, 5.41) is 2.84. The maximum atomic E-state index is 11.6. The molecule has 0 aliphatic rings. The number of carbonyl (C=O) groups excluding carboxylic acids is 1. The highest BCUT2D eigenvalue weighted by Gasteiger charge is 2.05. The van der Waals surface area contributed by atoms with Crippen LogP contribution < -0.4 is 10.1 Å². The molecule has 0 aliphatic carbocycles. The third kappa shape index (κ3) is 5.53. The molecule has 1 aromatic rings. The lowest BCUT2D eigenvalue weighted by molar-refractivity contribution is -0.116. The molecule has 0 saturated heterocycles. The van der Waals surface area contributed by atoms with Gasteiger partial charge in [-0.2, -0.15) is 0 Å². The van der Waals surface area contributed by atoms with E-state index in [-0.39, 0.29) is 11.3 Å². The van der Waals surface area contributed by atoms with Crippen molar-refractivity contribution in [2.24, 2.45) is 5.41 Å². The lowest BCUT2D eigenvalue weighted by Crippen LogP contribution is -2.20. The molecule has 0 heterocycles. The van der Waals surface area contributed by atoms with Crippen LogP contribution in [0.5, 0.6) is 5.75 Å². The summed E-state index contributed by atoms with van der Waals surface area (Å²) in [6.45, 7) is 6.67. The van der Waals surface area contributed by atoms with Crippen LogP contribution in [0, 0.1) is 5.41 Å². The van der Waals surface area contributed by atoms with E-state index in [1.807, 2.05) is 30.3 Å². The third-order valence-corrected chi connectivity index (χ3v) is 2.34. The Labute approximate surface area is 109 Å². The summed E-state index contributed by atoms with van der Waals surface area (Å²) in [5.74, 6) is 0.722. The molecule has 0 saturated carbocycles. The minimum atomic E-state index is -0.0762. The summed E-state index contributed by atoms with van der Waals surface area (Å²) < 4.78 is 5.13. The lowest BCUT2D eigenvalue weighted by atomic mass is 9.96. The quantitative estimate of drug-likeness (QED) is 0.831. The standard InChI is InChI=1S/C15H21NO2/c1-15(2,3)9-8-14(17)16-11-12-6-5-7-13(10-12)18-4/h5-10H,11H2,1-4H3,(H,16,17)/b9-8+. The van der Waals surface area contributed by atoms with Crippen LogP contribution >= 0.6 is 0 Å². The highest BCUT2D eigenvalue weighted by atomic mass is 16.5. The normalized spacial score (nSPS) is 11.6. The Kier molecular flexibility index (Phi) is 4.95. The lowest BCUT2D eigenvalue weighted by Gasteiger charge is -2.11. The molecule has 0 spiro atoms. The monoisotopic (exact) mass is 247 g/mol. The van der Waals surface area contributed by atoms with Gasteiger partial charge in [-0.3, -0.25) is 4.79 Å². The van der Waals surface area contributed by atoms with E-state index >= 15 is 0 Å². The van der Waals surface area contributed by atoms with Gasteiger partial charge in [0, 0.05) is 6.54 Å². The molecule has 0 bridgehead atoms. The molecular weight excluding hydrogens is 226 g/mol. The van der Waals surface area contributed by atoms with E-state index in [0.29, 0.717) is 6.54 Å². The number of amides is 1. The van der Waals surface area contributed by atoms with Gasteiger partial charge in [0.15, 0.2) is 0 Å². The average molecular weight is 247 g/mol. The minimum absolute atomic E-state index is 0.0211. The zero-order valence-corrected chi connectivity index (χ0v) is 11.5. The Hall–Kier alpha value is -1.77. The number of hydrogen-bond donors (Lipinski definition) is 1. The zero-order valence-electron chi connectivity index (χ0n) is 11.5. The highest BCUT2D eigenvalue weighted by Crippen LogP contribution is 2.14. The second-order valence-corrected chi connectivity index (χ2v) is 5.27. The van der Waals surface area contributed by atoms with Crippen molar-refractivity contribution in [3.8, 4) is 5.75 Å². The largest absolute Gasteiger partial charge is 0.497 e. The van der Waals surface area contributed by atoms with Crippen LogP contribution in [0.2, 0.25) is 0 Å². The van der Waals surface area contributed by atoms with Gasteiger partial charge in [0.1, 0.15) is 5.75 Å². The van der Waals surface area contributed by atoms with E-state index in [1.165, 1.54) is 0 Å². The third-order valence-electron chi connectivity index (χ3n) is 2.34. The fourth-order valence-corrected chi connectivity index (χ4v) is 1.36. The van der Waals surface area contributed by atoms with Gasteiger partial charge in [-0.05, 0) is 29.2 Å². The van der Waals surface area contributed by atoms with Gasteiger partial charge in [0.25, 0.3) is 0 Å². The minimum Gasteiger partial charge on any atom is -0.497 e. The molecule has 1 rings (SSSR count). The zero-order chi connectivity index (χ0) is 13.6. The molecule has 0 aromatic heterocycles. The molecule has 3 nitrogen and oxygen atoms in total. The molecule has 0 unspecified atom stereocenters. The molecule has 0 fully saturated rings. The molecular formula is C15H21NO2. The summed E-state index contributed by atoms with van der Waals surface area (Å²) >= 11 is 0. The first-order chi connectivity index (χ1) is 8.40. The molecule has 0 aliphatic heterocycles. The number of nitrogens with one attached hydrogen (secondary N) is 1. The summed E-state index contributed by atoms with van der Waals surface area (Å²) in [6, 6.07) is 7.65. The Bertz CT molecular complexity index is 430. The molecule has 0 atom stereocenters. The average Bonchev–Trinajstić information content (AvgIpc) is 2.33. The van der Waals surface area contributed by atoms with Crippen LogP contribution in [0.15, 0.2) is 36.4 Å². The van der Waals surface area contributed by atoms with E-state index < -0.39 is 0 Å². The van der Waals surface area contributed by atoms with Crippen LogP contribution in [-0.4, -0.2) is 13.0 Å². The first kappa shape index (κ1) is 14.3. The number of carbonyl (C=O) groups is 1. The van der Waals surface area contributed by atoms with Crippen molar-refractivity contribution >= 4 is 5.91 Å². The second-order valence-electron chi connectivity index (χ2n) is 5.27. The summed E-state index contributed by atoms with van der Waals surface area (Å²) in [6.07, 6.45) is 3.48. The van der Waals surface area contributed by atoms with Gasteiger partial charge >= 0.3 is 0 Å². The Balaban J connectivity index is 2.50. The van der Waals surface area contributed by atoms with Gasteiger partial charge in [0.2, 0.25) is 5.91 Å². The van der Waals surface area contributed by atoms with Crippen molar-refractivity contribution in [3.05, 3.63) is 42.0 Å².